The number of carbonyl (C=O) groups excluding carboxylic acids is 1. The molecule has 1 fully saturated rings. The van der Waals surface area contributed by atoms with Gasteiger partial charge in [0.1, 0.15) is 5.82 Å². The van der Waals surface area contributed by atoms with E-state index in [-0.39, 0.29) is 17.8 Å². The first-order chi connectivity index (χ1) is 9.15. The Balaban J connectivity index is 2.14. The molecule has 1 aromatic carbocycles. The van der Waals surface area contributed by atoms with Gasteiger partial charge < -0.3 is 11.1 Å². The van der Waals surface area contributed by atoms with Crippen LogP contribution in [0, 0.1) is 5.82 Å². The first-order valence-electron chi connectivity index (χ1n) is 6.58. The topological polar surface area (TPSA) is 58.4 Å². The summed E-state index contributed by atoms with van der Waals surface area (Å²) < 4.78 is 13.2. The van der Waals surface area contributed by atoms with Crippen molar-refractivity contribution in [2.45, 2.75) is 32.0 Å². The van der Waals surface area contributed by atoms with Crippen LogP contribution in [-0.4, -0.2) is 30.4 Å². The van der Waals surface area contributed by atoms with Gasteiger partial charge in [-0.05, 0) is 42.6 Å². The van der Waals surface area contributed by atoms with E-state index in [2.05, 4.69) is 10.2 Å². The molecule has 5 heteroatoms. The van der Waals surface area contributed by atoms with Crippen LogP contribution < -0.4 is 11.1 Å². The second-order valence-corrected chi connectivity index (χ2v) is 4.86. The second kappa shape index (κ2) is 6.12. The molecule has 1 atom stereocenters. The number of carbonyl (C=O) groups is 1. The van der Waals surface area contributed by atoms with E-state index >= 15 is 0 Å². The van der Waals surface area contributed by atoms with Crippen molar-refractivity contribution in [3.8, 4) is 0 Å². The molecule has 0 aliphatic carbocycles. The van der Waals surface area contributed by atoms with Crippen LogP contribution in [0.3, 0.4) is 0 Å². The highest BCUT2D eigenvalue weighted by molar-refractivity contribution is 5.81. The highest BCUT2D eigenvalue weighted by Gasteiger charge is 2.30. The van der Waals surface area contributed by atoms with Crippen LogP contribution in [-0.2, 0) is 17.9 Å². The smallest absolute Gasteiger partial charge is 0.237 e. The molecule has 0 saturated carbocycles. The summed E-state index contributed by atoms with van der Waals surface area (Å²) in [6.07, 6.45) is 1.88. The largest absolute Gasteiger partial charge is 0.358 e. The number of amides is 1. The van der Waals surface area contributed by atoms with Crippen molar-refractivity contribution in [1.82, 2.24) is 10.2 Å². The van der Waals surface area contributed by atoms with E-state index in [0.29, 0.717) is 13.1 Å². The van der Waals surface area contributed by atoms with Crippen molar-refractivity contribution in [3.63, 3.8) is 0 Å². The second-order valence-electron chi connectivity index (χ2n) is 4.86. The molecule has 3 N–H and O–H groups in total. The molecule has 1 aliphatic rings. The van der Waals surface area contributed by atoms with Crippen molar-refractivity contribution in [1.29, 1.82) is 0 Å². The summed E-state index contributed by atoms with van der Waals surface area (Å²) in [5.41, 5.74) is 7.46. The number of benzene rings is 1. The molecule has 0 spiro atoms. The van der Waals surface area contributed by atoms with E-state index in [1.54, 1.807) is 13.1 Å². The molecular formula is C14H20FN3O. The van der Waals surface area contributed by atoms with Crippen LogP contribution in [0.25, 0.3) is 0 Å². The number of likely N-dealkylation sites (tertiary alicyclic amines) is 1. The number of nitrogens with one attached hydrogen (secondary N) is 1. The molecule has 19 heavy (non-hydrogen) atoms. The molecule has 1 heterocycles. The fourth-order valence-corrected chi connectivity index (χ4v) is 2.64. The molecule has 1 aliphatic heterocycles. The van der Waals surface area contributed by atoms with Gasteiger partial charge in [0.2, 0.25) is 5.91 Å². The van der Waals surface area contributed by atoms with E-state index in [1.165, 1.54) is 12.1 Å². The van der Waals surface area contributed by atoms with E-state index in [9.17, 15) is 9.18 Å². The van der Waals surface area contributed by atoms with Gasteiger partial charge in [0, 0.05) is 20.1 Å². The Morgan fingerprint density at radius 3 is 3.00 bits per heavy atom. The first kappa shape index (κ1) is 14.0. The van der Waals surface area contributed by atoms with Crippen LogP contribution in [0.15, 0.2) is 18.2 Å². The zero-order valence-electron chi connectivity index (χ0n) is 11.2. The minimum absolute atomic E-state index is 0.0499. The minimum atomic E-state index is -0.270. The summed E-state index contributed by atoms with van der Waals surface area (Å²) in [4.78, 5) is 13.9. The van der Waals surface area contributed by atoms with E-state index in [0.717, 1.165) is 30.5 Å². The summed E-state index contributed by atoms with van der Waals surface area (Å²) in [5.74, 6) is -0.220. The predicted octanol–water partition coefficient (Wildman–Crippen LogP) is 0.995. The highest BCUT2D eigenvalue weighted by atomic mass is 19.1. The Kier molecular flexibility index (Phi) is 4.50. The Labute approximate surface area is 112 Å². The maximum Gasteiger partial charge on any atom is 0.237 e. The van der Waals surface area contributed by atoms with E-state index < -0.39 is 0 Å². The van der Waals surface area contributed by atoms with Crippen LogP contribution in [0.1, 0.15) is 24.0 Å². The van der Waals surface area contributed by atoms with Gasteiger partial charge in [-0.15, -0.1) is 0 Å². The van der Waals surface area contributed by atoms with Gasteiger partial charge in [0.05, 0.1) is 6.04 Å². The molecule has 0 bridgehead atoms. The standard InChI is InChI=1S/C14H20FN3O/c1-17-14(19)13-3-2-6-18(13)9-10-4-5-12(15)7-11(10)8-16/h4-5,7,13H,2-3,6,8-9,16H2,1H3,(H,17,19). The third-order valence-electron chi connectivity index (χ3n) is 3.67. The van der Waals surface area contributed by atoms with Gasteiger partial charge in [-0.3, -0.25) is 9.69 Å². The fourth-order valence-electron chi connectivity index (χ4n) is 2.64. The summed E-state index contributed by atoms with van der Waals surface area (Å²) in [7, 11) is 1.65. The zero-order valence-corrected chi connectivity index (χ0v) is 11.2. The average molecular weight is 265 g/mol. The van der Waals surface area contributed by atoms with Gasteiger partial charge in [-0.2, -0.15) is 0 Å². The molecule has 2 rings (SSSR count). The molecule has 1 amide bonds. The van der Waals surface area contributed by atoms with Gasteiger partial charge in [0.25, 0.3) is 0 Å². The van der Waals surface area contributed by atoms with Gasteiger partial charge in [0.15, 0.2) is 0 Å². The number of rotatable bonds is 4. The maximum atomic E-state index is 13.2. The van der Waals surface area contributed by atoms with Crippen molar-refractivity contribution >= 4 is 5.91 Å². The lowest BCUT2D eigenvalue weighted by Gasteiger charge is -2.24. The third-order valence-corrected chi connectivity index (χ3v) is 3.67. The fraction of sp³-hybridized carbons (Fsp3) is 0.500. The monoisotopic (exact) mass is 265 g/mol. The lowest BCUT2D eigenvalue weighted by molar-refractivity contribution is -0.125. The van der Waals surface area contributed by atoms with Crippen molar-refractivity contribution < 1.29 is 9.18 Å². The van der Waals surface area contributed by atoms with Crippen LogP contribution in [0.4, 0.5) is 4.39 Å². The Hall–Kier alpha value is -1.46. The van der Waals surface area contributed by atoms with Crippen LogP contribution >= 0.6 is 0 Å². The Bertz CT molecular complexity index is 464. The lowest BCUT2D eigenvalue weighted by atomic mass is 10.1. The Morgan fingerprint density at radius 2 is 2.32 bits per heavy atom. The van der Waals surface area contributed by atoms with E-state index in [1.807, 2.05) is 0 Å². The average Bonchev–Trinajstić information content (AvgIpc) is 2.88. The molecule has 1 unspecified atom stereocenters. The van der Waals surface area contributed by atoms with Crippen LogP contribution in [0.2, 0.25) is 0 Å². The minimum Gasteiger partial charge on any atom is -0.358 e. The molecule has 1 saturated heterocycles. The van der Waals surface area contributed by atoms with Gasteiger partial charge in [-0.1, -0.05) is 6.07 Å². The summed E-state index contributed by atoms with van der Waals surface area (Å²) in [6.45, 7) is 1.84. The SMILES string of the molecule is CNC(=O)C1CCCN1Cc1ccc(F)cc1CN. The first-order valence-corrected chi connectivity index (χ1v) is 6.58. The highest BCUT2D eigenvalue weighted by Crippen LogP contribution is 2.22. The third kappa shape index (κ3) is 3.11. The van der Waals surface area contributed by atoms with Gasteiger partial charge in [-0.25, -0.2) is 4.39 Å². The maximum absolute atomic E-state index is 13.2. The van der Waals surface area contributed by atoms with Gasteiger partial charge >= 0.3 is 0 Å². The summed E-state index contributed by atoms with van der Waals surface area (Å²) >= 11 is 0. The lowest BCUT2D eigenvalue weighted by Crippen LogP contribution is -2.41. The zero-order chi connectivity index (χ0) is 13.8. The molecule has 104 valence electrons. The normalized spacial score (nSPS) is 19.6. The van der Waals surface area contributed by atoms with Crippen molar-refractivity contribution in [3.05, 3.63) is 35.1 Å². The van der Waals surface area contributed by atoms with Crippen molar-refractivity contribution in [2.24, 2.45) is 5.73 Å². The number of likely N-dealkylation sites (N-methyl/N-ethyl adjacent to an activating group) is 1. The molecular weight excluding hydrogens is 245 g/mol. The van der Waals surface area contributed by atoms with Crippen LogP contribution in [0.5, 0.6) is 0 Å². The van der Waals surface area contributed by atoms with Crippen molar-refractivity contribution in [2.75, 3.05) is 13.6 Å². The molecule has 1 aromatic rings. The van der Waals surface area contributed by atoms with E-state index in [4.69, 9.17) is 5.73 Å². The quantitative estimate of drug-likeness (QED) is 0.853. The number of hydrogen-bond donors (Lipinski definition) is 2. The number of hydrogen-bond acceptors (Lipinski definition) is 3. The number of nitrogens with two attached hydrogens (primary N) is 1. The number of nitrogens with zero attached hydrogens (tertiary/aromatic N) is 1. The molecule has 4 nitrogen and oxygen atoms in total. The number of halogens is 1. The molecule has 0 radical (unpaired) electrons. The predicted molar refractivity (Wildman–Crippen MR) is 71.8 cm³/mol. The molecule has 0 aromatic heterocycles. The summed E-state index contributed by atoms with van der Waals surface area (Å²) in [6, 6.07) is 4.59. The Morgan fingerprint density at radius 1 is 1.53 bits per heavy atom. The summed E-state index contributed by atoms with van der Waals surface area (Å²) in [5, 5.41) is 2.70.